The second-order valence-corrected chi connectivity index (χ2v) is 19.1. The summed E-state index contributed by atoms with van der Waals surface area (Å²) in [6, 6.07) is 5.59. The van der Waals surface area contributed by atoms with Crippen molar-refractivity contribution in [3.8, 4) is 0 Å². The summed E-state index contributed by atoms with van der Waals surface area (Å²) >= 11 is 0. The minimum absolute atomic E-state index is 0.672. The zero-order valence-corrected chi connectivity index (χ0v) is 30.8. The molecule has 6 aliphatic carbocycles. The Labute approximate surface area is 294 Å². The number of hydrogen-bond acceptors (Lipinski definition) is 4. The maximum Gasteiger partial charge on any atom is 0.0264 e. The van der Waals surface area contributed by atoms with Gasteiger partial charge in [-0.05, 0) is 136 Å². The van der Waals surface area contributed by atoms with E-state index >= 15 is 0 Å². The highest BCUT2D eigenvalue weighted by Gasteiger charge is 2.61. The van der Waals surface area contributed by atoms with Crippen molar-refractivity contribution in [2.45, 2.75) is 191 Å². The van der Waals surface area contributed by atoms with Crippen molar-refractivity contribution in [3.05, 3.63) is 24.3 Å². The molecule has 18 unspecified atom stereocenters. The largest absolute Gasteiger partial charge is 0.309 e. The molecule has 11 aliphatic rings. The van der Waals surface area contributed by atoms with Gasteiger partial charge in [-0.3, -0.25) is 0 Å². The standard InChI is InChI=1S/C44H72N4/c1-3-5-7-9-11-31-25-37-38-26-32(12-10-8-6-4-2)34(46-38)22-24-36-40-28-15-19-30(20-16-28)42(40)44(48-36)43-41-29-17-13-27(14-18-29)39(41)35(47-43)23-21-33(31)45-37/h13,15,17,19,27-48H,3-12,14,16,18,20-26H2,1-2H3. The lowest BCUT2D eigenvalue weighted by Gasteiger charge is -2.48. The van der Waals surface area contributed by atoms with E-state index in [-0.39, 0.29) is 0 Å². The van der Waals surface area contributed by atoms with Crippen molar-refractivity contribution in [1.82, 2.24) is 21.3 Å². The van der Waals surface area contributed by atoms with Gasteiger partial charge in [0.25, 0.3) is 0 Å². The topological polar surface area (TPSA) is 48.1 Å². The minimum atomic E-state index is 0.672. The highest BCUT2D eigenvalue weighted by Crippen LogP contribution is 2.57. The van der Waals surface area contributed by atoms with Crippen LogP contribution in [0.1, 0.15) is 142 Å². The van der Waals surface area contributed by atoms with E-state index in [0.29, 0.717) is 36.3 Å². The van der Waals surface area contributed by atoms with Crippen molar-refractivity contribution in [2.75, 3.05) is 0 Å². The molecular weight excluding hydrogens is 585 g/mol. The summed E-state index contributed by atoms with van der Waals surface area (Å²) in [6.45, 7) is 4.74. The van der Waals surface area contributed by atoms with Crippen molar-refractivity contribution in [1.29, 1.82) is 0 Å². The van der Waals surface area contributed by atoms with Gasteiger partial charge in [-0.25, -0.2) is 0 Å². The van der Waals surface area contributed by atoms with Crippen LogP contribution in [0.4, 0.5) is 0 Å². The van der Waals surface area contributed by atoms with Gasteiger partial charge < -0.3 is 21.3 Å². The average molecular weight is 657 g/mol. The van der Waals surface area contributed by atoms with E-state index in [1.165, 1.54) is 128 Å². The number of rotatable bonds is 10. The monoisotopic (exact) mass is 657 g/mol. The van der Waals surface area contributed by atoms with Crippen LogP contribution in [-0.2, 0) is 0 Å². The van der Waals surface area contributed by atoms with Gasteiger partial charge in [0.1, 0.15) is 0 Å². The molecule has 4 heteroatoms. The summed E-state index contributed by atoms with van der Waals surface area (Å²) < 4.78 is 0. The van der Waals surface area contributed by atoms with E-state index < -0.39 is 0 Å². The Morgan fingerprint density at radius 2 is 0.792 bits per heavy atom. The van der Waals surface area contributed by atoms with Crippen molar-refractivity contribution in [2.24, 2.45) is 59.2 Å². The fraction of sp³-hybridized carbons (Fsp3) is 0.909. The summed E-state index contributed by atoms with van der Waals surface area (Å²) in [4.78, 5) is 0. The second-order valence-electron chi connectivity index (χ2n) is 19.1. The zero-order chi connectivity index (χ0) is 32.2. The van der Waals surface area contributed by atoms with Crippen LogP contribution in [0.2, 0.25) is 0 Å². The van der Waals surface area contributed by atoms with Gasteiger partial charge in [0, 0.05) is 48.3 Å². The molecule has 11 rings (SSSR count). The summed E-state index contributed by atoms with van der Waals surface area (Å²) in [5.74, 6) is 8.49. The van der Waals surface area contributed by atoms with E-state index in [9.17, 15) is 0 Å². The van der Waals surface area contributed by atoms with Gasteiger partial charge in [-0.1, -0.05) is 89.5 Å². The Balaban J connectivity index is 1.01. The van der Waals surface area contributed by atoms with E-state index in [1.807, 2.05) is 0 Å². The van der Waals surface area contributed by atoms with Crippen molar-refractivity contribution in [3.63, 3.8) is 0 Å². The molecular formula is C44H72N4. The molecule has 5 heterocycles. The van der Waals surface area contributed by atoms with Gasteiger partial charge in [0.2, 0.25) is 0 Å². The minimum Gasteiger partial charge on any atom is -0.309 e. The third-order valence-corrected chi connectivity index (χ3v) is 16.7. The Hall–Kier alpha value is -0.680. The summed E-state index contributed by atoms with van der Waals surface area (Å²) in [6.07, 6.45) is 39.2. The van der Waals surface area contributed by atoms with Crippen LogP contribution < -0.4 is 21.3 Å². The quantitative estimate of drug-likeness (QED) is 0.141. The summed E-state index contributed by atoms with van der Waals surface area (Å²) in [5, 5.41) is 18.0. The number of unbranched alkanes of at least 4 members (excludes halogenated alkanes) is 6. The molecule has 2 saturated carbocycles. The number of allylic oxidation sites excluding steroid dienone is 4. The molecule has 0 aromatic carbocycles. The SMILES string of the molecule is CCCCCCC1CC2NC1CCC1NC(C3NC(CCC4NC2CC4CCCCCC)C2C4C=CC(CC4)C32)C2C3C=CC(CC3)C12. The fourth-order valence-corrected chi connectivity index (χ4v) is 14.6. The Morgan fingerprint density at radius 1 is 0.396 bits per heavy atom. The van der Waals surface area contributed by atoms with Crippen molar-refractivity contribution >= 4 is 0 Å². The molecule has 0 aromatic rings. The Kier molecular flexibility index (Phi) is 9.94. The van der Waals surface area contributed by atoms with Gasteiger partial charge in [-0.15, -0.1) is 0 Å². The number of hydrogen-bond donors (Lipinski definition) is 4. The van der Waals surface area contributed by atoms with Crippen LogP contribution in [-0.4, -0.2) is 48.3 Å². The molecule has 0 radical (unpaired) electrons. The van der Waals surface area contributed by atoms with E-state index in [2.05, 4.69) is 59.4 Å². The normalized spacial score (nSPS) is 51.5. The van der Waals surface area contributed by atoms with Gasteiger partial charge in [0.05, 0.1) is 0 Å². The first-order chi connectivity index (χ1) is 23.7. The molecule has 0 aromatic heterocycles. The number of fused-ring (bicyclic) bond motifs is 12. The van der Waals surface area contributed by atoms with E-state index in [1.54, 1.807) is 0 Å². The molecule has 4 nitrogen and oxygen atoms in total. The summed E-state index contributed by atoms with van der Waals surface area (Å²) in [7, 11) is 0. The molecule has 5 aliphatic heterocycles. The lowest BCUT2D eigenvalue weighted by atomic mass is 9.56. The third kappa shape index (κ3) is 6.05. The highest BCUT2D eigenvalue weighted by atomic mass is 15.2. The first-order valence-electron chi connectivity index (χ1n) is 22.1. The predicted molar refractivity (Wildman–Crippen MR) is 200 cm³/mol. The van der Waals surface area contributed by atoms with Crippen molar-refractivity contribution < 1.29 is 0 Å². The average Bonchev–Trinajstić information content (AvgIpc) is 3.91. The molecule has 5 saturated heterocycles. The van der Waals surface area contributed by atoms with E-state index in [0.717, 1.165) is 71.3 Å². The highest BCUT2D eigenvalue weighted by molar-refractivity contribution is 5.24. The van der Waals surface area contributed by atoms with Crippen LogP contribution in [0.5, 0.6) is 0 Å². The van der Waals surface area contributed by atoms with E-state index in [4.69, 9.17) is 0 Å². The molecule has 4 N–H and O–H groups in total. The Morgan fingerprint density at radius 3 is 1.19 bits per heavy atom. The Bertz CT molecular complexity index is 1060. The van der Waals surface area contributed by atoms with Crippen LogP contribution >= 0.6 is 0 Å². The lowest BCUT2D eigenvalue weighted by Crippen LogP contribution is -2.54. The zero-order valence-electron chi connectivity index (χ0n) is 30.8. The predicted octanol–water partition coefficient (Wildman–Crippen LogP) is 8.53. The second kappa shape index (κ2) is 14.4. The first kappa shape index (κ1) is 33.2. The van der Waals surface area contributed by atoms with Crippen LogP contribution in [0.15, 0.2) is 24.3 Å². The maximum absolute atomic E-state index is 4.57. The molecule has 18 atom stereocenters. The smallest absolute Gasteiger partial charge is 0.0264 e. The van der Waals surface area contributed by atoms with Gasteiger partial charge in [-0.2, -0.15) is 0 Å². The molecule has 12 bridgehead atoms. The molecule has 268 valence electrons. The fourth-order valence-electron chi connectivity index (χ4n) is 14.6. The molecule has 0 spiro atoms. The van der Waals surface area contributed by atoms with Crippen LogP contribution in [0.25, 0.3) is 0 Å². The maximum atomic E-state index is 4.57. The van der Waals surface area contributed by atoms with Gasteiger partial charge in [0.15, 0.2) is 0 Å². The van der Waals surface area contributed by atoms with Gasteiger partial charge >= 0.3 is 0 Å². The summed E-state index contributed by atoms with van der Waals surface area (Å²) in [5.41, 5.74) is 0. The third-order valence-electron chi connectivity index (χ3n) is 16.7. The molecule has 0 amide bonds. The van der Waals surface area contributed by atoms with Crippen LogP contribution in [0.3, 0.4) is 0 Å². The number of nitrogens with one attached hydrogen (secondary N) is 4. The van der Waals surface area contributed by atoms with Crippen LogP contribution in [0, 0.1) is 59.2 Å². The molecule has 48 heavy (non-hydrogen) atoms. The molecule has 7 fully saturated rings. The lowest BCUT2D eigenvalue weighted by molar-refractivity contribution is 0.0874. The first-order valence-corrected chi connectivity index (χ1v) is 22.1.